The second-order valence-corrected chi connectivity index (χ2v) is 11.7. The molecule has 0 radical (unpaired) electrons. The van der Waals surface area contributed by atoms with Gasteiger partial charge < -0.3 is 10.6 Å². The number of nitrogens with zero attached hydrogens (tertiary/aromatic N) is 4. The molecule has 1 aliphatic carbocycles. The number of carbonyl (C=O) groups excluding carboxylic acids is 1. The monoisotopic (exact) mass is 590 g/mol. The SMILES string of the molecule is CCc1cc(-n2nc(C)cc2Nc2cc(CC(=O)c3cc(C4CC(NC(C)C)C4)cc(C(F)(F)F)c3)ccc2C)ncn1. The fraction of sp³-hybridized carbons (Fsp3) is 0.394. The molecule has 1 aliphatic rings. The van der Waals surface area contributed by atoms with Crippen LogP contribution in [0.3, 0.4) is 0 Å². The molecule has 1 fully saturated rings. The first-order chi connectivity index (χ1) is 20.4. The largest absolute Gasteiger partial charge is 0.416 e. The van der Waals surface area contributed by atoms with Crippen LogP contribution in [0.25, 0.3) is 5.82 Å². The molecular formula is C33H37F3N6O. The van der Waals surface area contributed by atoms with Crippen LogP contribution in [0, 0.1) is 13.8 Å². The fourth-order valence-corrected chi connectivity index (χ4v) is 5.51. The van der Waals surface area contributed by atoms with E-state index in [1.807, 2.05) is 51.1 Å². The van der Waals surface area contributed by atoms with Gasteiger partial charge in [-0.3, -0.25) is 4.79 Å². The van der Waals surface area contributed by atoms with Crippen LogP contribution < -0.4 is 10.6 Å². The van der Waals surface area contributed by atoms with Crippen molar-refractivity contribution in [1.82, 2.24) is 25.1 Å². The van der Waals surface area contributed by atoms with Crippen molar-refractivity contribution in [2.75, 3.05) is 5.32 Å². The average Bonchev–Trinajstić information content (AvgIpc) is 3.31. The molecule has 0 spiro atoms. The molecule has 2 aromatic heterocycles. The number of hydrogen-bond donors (Lipinski definition) is 2. The summed E-state index contributed by atoms with van der Waals surface area (Å²) in [6, 6.07) is 13.8. The number of halogens is 3. The van der Waals surface area contributed by atoms with Crippen molar-refractivity contribution in [3.63, 3.8) is 0 Å². The highest BCUT2D eigenvalue weighted by Crippen LogP contribution is 2.40. The number of rotatable bonds is 10. The summed E-state index contributed by atoms with van der Waals surface area (Å²) >= 11 is 0. The van der Waals surface area contributed by atoms with E-state index < -0.39 is 11.7 Å². The lowest BCUT2D eigenvalue weighted by molar-refractivity contribution is -0.137. The zero-order valence-corrected chi connectivity index (χ0v) is 25.1. The second kappa shape index (κ2) is 12.3. The van der Waals surface area contributed by atoms with Gasteiger partial charge in [0.15, 0.2) is 11.6 Å². The van der Waals surface area contributed by atoms with Crippen molar-refractivity contribution in [2.45, 2.75) is 84.5 Å². The summed E-state index contributed by atoms with van der Waals surface area (Å²) in [5, 5.41) is 11.4. The molecule has 10 heteroatoms. The minimum Gasteiger partial charge on any atom is -0.340 e. The van der Waals surface area contributed by atoms with Gasteiger partial charge in [0.05, 0.1) is 11.3 Å². The first-order valence-electron chi connectivity index (χ1n) is 14.7. The second-order valence-electron chi connectivity index (χ2n) is 11.7. The molecule has 226 valence electrons. The number of alkyl halides is 3. The van der Waals surface area contributed by atoms with E-state index >= 15 is 0 Å². The van der Waals surface area contributed by atoms with Gasteiger partial charge in [-0.2, -0.15) is 23.0 Å². The van der Waals surface area contributed by atoms with Crippen LogP contribution in [0.2, 0.25) is 0 Å². The molecule has 43 heavy (non-hydrogen) atoms. The van der Waals surface area contributed by atoms with Crippen molar-refractivity contribution in [3.8, 4) is 5.82 Å². The van der Waals surface area contributed by atoms with E-state index in [1.165, 1.54) is 12.4 Å². The van der Waals surface area contributed by atoms with Gasteiger partial charge in [0.25, 0.3) is 0 Å². The quantitative estimate of drug-likeness (QED) is 0.189. The molecule has 0 saturated heterocycles. The Hall–Kier alpha value is -4.05. The highest BCUT2D eigenvalue weighted by molar-refractivity contribution is 5.98. The number of aryl methyl sites for hydroxylation is 3. The zero-order chi connectivity index (χ0) is 30.9. The molecule has 4 aromatic rings. The van der Waals surface area contributed by atoms with E-state index in [0.29, 0.717) is 28.8 Å². The third-order valence-corrected chi connectivity index (χ3v) is 7.83. The van der Waals surface area contributed by atoms with Crippen LogP contribution in [0.4, 0.5) is 24.7 Å². The highest BCUT2D eigenvalue weighted by atomic mass is 19.4. The smallest absolute Gasteiger partial charge is 0.340 e. The number of nitrogens with one attached hydrogen (secondary N) is 2. The molecule has 2 N–H and O–H groups in total. The third kappa shape index (κ3) is 7.13. The maximum absolute atomic E-state index is 13.8. The molecule has 5 rings (SSSR count). The normalized spacial score (nSPS) is 16.8. The van der Waals surface area contributed by atoms with E-state index in [-0.39, 0.29) is 29.7 Å². The van der Waals surface area contributed by atoms with Gasteiger partial charge in [0.2, 0.25) is 0 Å². The summed E-state index contributed by atoms with van der Waals surface area (Å²) in [5.41, 5.74) is 3.97. The molecular weight excluding hydrogens is 553 g/mol. The maximum atomic E-state index is 13.8. The van der Waals surface area contributed by atoms with E-state index in [2.05, 4.69) is 39.5 Å². The number of hydrogen-bond acceptors (Lipinski definition) is 6. The van der Waals surface area contributed by atoms with E-state index in [9.17, 15) is 18.0 Å². The Morgan fingerprint density at radius 2 is 1.81 bits per heavy atom. The number of benzene rings is 2. The van der Waals surface area contributed by atoms with Gasteiger partial charge in [-0.05, 0) is 80.0 Å². The van der Waals surface area contributed by atoms with Gasteiger partial charge >= 0.3 is 6.18 Å². The summed E-state index contributed by atoms with van der Waals surface area (Å²) in [5.74, 6) is 0.965. The summed E-state index contributed by atoms with van der Waals surface area (Å²) in [7, 11) is 0. The lowest BCUT2D eigenvalue weighted by Gasteiger charge is -2.38. The summed E-state index contributed by atoms with van der Waals surface area (Å²) in [6.45, 7) is 9.95. The van der Waals surface area contributed by atoms with Crippen molar-refractivity contribution >= 4 is 17.3 Å². The number of ketones is 1. The molecule has 0 unspecified atom stereocenters. The molecule has 0 aliphatic heterocycles. The van der Waals surface area contributed by atoms with Crippen LogP contribution in [-0.4, -0.2) is 37.6 Å². The Kier molecular flexibility index (Phi) is 8.69. The minimum atomic E-state index is -4.53. The molecule has 0 atom stereocenters. The first kappa shape index (κ1) is 30.4. The van der Waals surface area contributed by atoms with E-state index in [1.54, 1.807) is 10.7 Å². The van der Waals surface area contributed by atoms with Crippen LogP contribution in [0.15, 0.2) is 54.9 Å². The van der Waals surface area contributed by atoms with E-state index in [4.69, 9.17) is 0 Å². The molecule has 2 aromatic carbocycles. The predicted octanol–water partition coefficient (Wildman–Crippen LogP) is 7.27. The lowest BCUT2D eigenvalue weighted by atomic mass is 9.74. The number of anilines is 2. The topological polar surface area (TPSA) is 84.7 Å². The van der Waals surface area contributed by atoms with Gasteiger partial charge in [-0.25, -0.2) is 9.97 Å². The van der Waals surface area contributed by atoms with Gasteiger partial charge in [0.1, 0.15) is 12.1 Å². The van der Waals surface area contributed by atoms with Gasteiger partial charge in [-0.1, -0.05) is 32.9 Å². The molecule has 0 amide bonds. The Morgan fingerprint density at radius 3 is 2.51 bits per heavy atom. The van der Waals surface area contributed by atoms with Gasteiger partial charge in [-0.15, -0.1) is 0 Å². The van der Waals surface area contributed by atoms with Crippen molar-refractivity contribution in [3.05, 3.63) is 94.1 Å². The lowest BCUT2D eigenvalue weighted by Crippen LogP contribution is -2.43. The Morgan fingerprint density at radius 1 is 1.05 bits per heavy atom. The number of carbonyl (C=O) groups is 1. The molecule has 7 nitrogen and oxygen atoms in total. The standard InChI is InChI=1S/C33H37F3N6O/c1-6-27-17-31(38-18-37-27)42-32(9-21(5)41-42)40-29-10-22(8-7-20(29)4)11-30(43)25-12-23(13-26(14-25)33(34,35)36)24-15-28(16-24)39-19(2)3/h7-10,12-14,17-19,24,28,39-40H,6,11,15-16H2,1-5H3. The molecule has 0 bridgehead atoms. The fourth-order valence-electron chi connectivity index (χ4n) is 5.51. The minimum absolute atomic E-state index is 0.00289. The Balaban J connectivity index is 1.38. The van der Waals surface area contributed by atoms with E-state index in [0.717, 1.165) is 48.0 Å². The number of aromatic nitrogens is 4. The molecule has 2 heterocycles. The van der Waals surface area contributed by atoms with Gasteiger partial charge in [0, 0.05) is 47.6 Å². The van der Waals surface area contributed by atoms with Crippen molar-refractivity contribution < 1.29 is 18.0 Å². The molecule has 1 saturated carbocycles. The average molecular weight is 591 g/mol. The maximum Gasteiger partial charge on any atom is 0.416 e. The van der Waals surface area contributed by atoms with Crippen molar-refractivity contribution in [2.24, 2.45) is 0 Å². The number of Topliss-reactive ketones (excluding diaryl/α,β-unsaturated/α-hetero) is 1. The Labute approximate surface area is 250 Å². The van der Waals surface area contributed by atoms with Crippen LogP contribution in [0.5, 0.6) is 0 Å². The van der Waals surface area contributed by atoms with Crippen LogP contribution in [0.1, 0.15) is 83.5 Å². The summed E-state index contributed by atoms with van der Waals surface area (Å²) in [4.78, 5) is 22.1. The summed E-state index contributed by atoms with van der Waals surface area (Å²) in [6.07, 6.45) is -0.777. The van der Waals surface area contributed by atoms with Crippen LogP contribution >= 0.6 is 0 Å². The zero-order valence-electron chi connectivity index (χ0n) is 25.1. The Bertz CT molecular complexity index is 1620. The first-order valence-corrected chi connectivity index (χ1v) is 14.7. The third-order valence-electron chi connectivity index (χ3n) is 7.83. The summed E-state index contributed by atoms with van der Waals surface area (Å²) < 4.78 is 43.2. The van der Waals surface area contributed by atoms with Crippen molar-refractivity contribution in [1.29, 1.82) is 0 Å². The van der Waals surface area contributed by atoms with Crippen LogP contribution in [-0.2, 0) is 19.0 Å². The predicted molar refractivity (Wildman–Crippen MR) is 161 cm³/mol. The highest BCUT2D eigenvalue weighted by Gasteiger charge is 2.35.